The van der Waals surface area contributed by atoms with Crippen LogP contribution in [0, 0.1) is 18.3 Å². The molecule has 7 heteroatoms. The summed E-state index contributed by atoms with van der Waals surface area (Å²) in [7, 11) is 0. The van der Waals surface area contributed by atoms with Gasteiger partial charge < -0.3 is 15.4 Å². The van der Waals surface area contributed by atoms with Crippen LogP contribution in [0.4, 0.5) is 4.79 Å². The molecule has 7 nitrogen and oxygen atoms in total. The number of amides is 2. The lowest BCUT2D eigenvalue weighted by atomic mass is 10.1. The fraction of sp³-hybridized carbons (Fsp3) is 0.500. The van der Waals surface area contributed by atoms with Crippen LogP contribution in [0.25, 0.3) is 0 Å². The highest BCUT2D eigenvalue weighted by Gasteiger charge is 2.24. The summed E-state index contributed by atoms with van der Waals surface area (Å²) in [6.45, 7) is 6.98. The zero-order valence-corrected chi connectivity index (χ0v) is 13.8. The number of pyridine rings is 1. The molecule has 1 rings (SSSR count). The molecule has 23 heavy (non-hydrogen) atoms. The highest BCUT2D eigenvalue weighted by atomic mass is 16.6. The molecule has 0 radical (unpaired) electrons. The van der Waals surface area contributed by atoms with E-state index < -0.39 is 23.6 Å². The Morgan fingerprint density at radius 3 is 2.65 bits per heavy atom. The van der Waals surface area contributed by atoms with Crippen LogP contribution in [0.1, 0.15) is 31.9 Å². The first kappa shape index (κ1) is 18.4. The summed E-state index contributed by atoms with van der Waals surface area (Å²) in [5.74, 6) is -0.445. The predicted molar refractivity (Wildman–Crippen MR) is 84.5 cm³/mol. The van der Waals surface area contributed by atoms with E-state index in [9.17, 15) is 9.59 Å². The number of hydrogen-bond acceptors (Lipinski definition) is 5. The highest BCUT2D eigenvalue weighted by molar-refractivity contribution is 5.86. The molecule has 2 amide bonds. The van der Waals surface area contributed by atoms with E-state index in [2.05, 4.69) is 15.6 Å². The van der Waals surface area contributed by atoms with Crippen molar-refractivity contribution >= 4 is 12.0 Å². The van der Waals surface area contributed by atoms with E-state index in [1.54, 1.807) is 33.2 Å². The van der Waals surface area contributed by atoms with E-state index in [4.69, 9.17) is 10.00 Å². The van der Waals surface area contributed by atoms with Crippen LogP contribution in [0.15, 0.2) is 18.5 Å². The van der Waals surface area contributed by atoms with E-state index in [-0.39, 0.29) is 13.0 Å². The van der Waals surface area contributed by atoms with Crippen molar-refractivity contribution in [2.75, 3.05) is 6.54 Å². The van der Waals surface area contributed by atoms with Gasteiger partial charge in [-0.05, 0) is 38.8 Å². The number of rotatable bonds is 5. The molecule has 1 aromatic heterocycles. The van der Waals surface area contributed by atoms with Crippen LogP contribution < -0.4 is 10.6 Å². The summed E-state index contributed by atoms with van der Waals surface area (Å²) >= 11 is 0. The third-order valence-electron chi connectivity index (χ3n) is 2.72. The molecule has 0 saturated carbocycles. The van der Waals surface area contributed by atoms with Crippen molar-refractivity contribution in [1.29, 1.82) is 5.26 Å². The monoisotopic (exact) mass is 318 g/mol. The zero-order valence-electron chi connectivity index (χ0n) is 13.8. The molecule has 124 valence electrons. The number of alkyl carbamates (subject to hydrolysis) is 1. The molecule has 0 aliphatic heterocycles. The molecule has 0 bridgehead atoms. The summed E-state index contributed by atoms with van der Waals surface area (Å²) in [5, 5.41) is 13.6. The molecule has 1 aromatic rings. The second-order valence-corrected chi connectivity index (χ2v) is 6.15. The van der Waals surface area contributed by atoms with Gasteiger partial charge in [0, 0.05) is 18.8 Å². The zero-order chi connectivity index (χ0) is 17.5. The van der Waals surface area contributed by atoms with Crippen molar-refractivity contribution in [2.24, 2.45) is 0 Å². The standard InChI is InChI=1S/C16H22N4O3/c1-11-7-12(10-18-9-11)8-13(14(21)19-6-5-17)20-15(22)23-16(2,3)4/h7,9-10,13H,6,8H2,1-4H3,(H,19,21)(H,20,22). The minimum atomic E-state index is -0.846. The Labute approximate surface area is 136 Å². The molecular weight excluding hydrogens is 296 g/mol. The van der Waals surface area contributed by atoms with Gasteiger partial charge in [0.25, 0.3) is 0 Å². The fourth-order valence-corrected chi connectivity index (χ4v) is 1.87. The SMILES string of the molecule is Cc1cncc(CC(NC(=O)OC(C)(C)C)C(=O)NCC#N)c1. The maximum atomic E-state index is 12.1. The Morgan fingerprint density at radius 1 is 1.39 bits per heavy atom. The molecule has 1 unspecified atom stereocenters. The van der Waals surface area contributed by atoms with Gasteiger partial charge in [-0.15, -0.1) is 0 Å². The van der Waals surface area contributed by atoms with Gasteiger partial charge in [0.05, 0.1) is 6.07 Å². The second-order valence-electron chi connectivity index (χ2n) is 6.15. The molecule has 0 saturated heterocycles. The van der Waals surface area contributed by atoms with Crippen LogP contribution in [0.5, 0.6) is 0 Å². The maximum Gasteiger partial charge on any atom is 0.408 e. The minimum Gasteiger partial charge on any atom is -0.444 e. The second kappa shape index (κ2) is 8.13. The first-order chi connectivity index (χ1) is 10.7. The van der Waals surface area contributed by atoms with Crippen molar-refractivity contribution in [3.63, 3.8) is 0 Å². The van der Waals surface area contributed by atoms with Crippen molar-refractivity contribution in [3.05, 3.63) is 29.6 Å². The number of nitrogens with zero attached hydrogens (tertiary/aromatic N) is 2. The normalized spacial score (nSPS) is 12.0. The van der Waals surface area contributed by atoms with E-state index in [0.29, 0.717) is 0 Å². The number of ether oxygens (including phenoxy) is 1. The van der Waals surface area contributed by atoms with Gasteiger partial charge in [-0.25, -0.2) is 4.79 Å². The number of aromatic nitrogens is 1. The topological polar surface area (TPSA) is 104 Å². The number of hydrogen-bond donors (Lipinski definition) is 2. The lowest BCUT2D eigenvalue weighted by molar-refractivity contribution is -0.122. The quantitative estimate of drug-likeness (QED) is 0.800. The van der Waals surface area contributed by atoms with Gasteiger partial charge in [0.1, 0.15) is 18.2 Å². The third-order valence-corrected chi connectivity index (χ3v) is 2.72. The Kier molecular flexibility index (Phi) is 6.51. The Balaban J connectivity index is 2.82. The summed E-state index contributed by atoms with van der Waals surface area (Å²) in [5.41, 5.74) is 1.09. The number of nitrogens with one attached hydrogen (secondary N) is 2. The van der Waals surface area contributed by atoms with Crippen LogP contribution in [-0.4, -0.2) is 35.2 Å². The van der Waals surface area contributed by atoms with Gasteiger partial charge >= 0.3 is 6.09 Å². The van der Waals surface area contributed by atoms with Gasteiger partial charge in [-0.1, -0.05) is 6.07 Å². The first-order valence-electron chi connectivity index (χ1n) is 7.26. The van der Waals surface area contributed by atoms with Gasteiger partial charge in [-0.2, -0.15) is 5.26 Å². The summed E-state index contributed by atoms with van der Waals surface area (Å²) in [6, 6.07) is 2.87. The number of nitriles is 1. The molecular formula is C16H22N4O3. The Hall–Kier alpha value is -2.62. The number of carbonyl (C=O) groups excluding carboxylic acids is 2. The molecule has 0 aliphatic carbocycles. The molecule has 0 fully saturated rings. The first-order valence-corrected chi connectivity index (χ1v) is 7.26. The Bertz CT molecular complexity index is 602. The molecule has 0 aromatic carbocycles. The summed E-state index contributed by atoms with van der Waals surface area (Å²) in [4.78, 5) is 28.1. The van der Waals surface area contributed by atoms with Crippen molar-refractivity contribution in [3.8, 4) is 6.07 Å². The minimum absolute atomic E-state index is 0.128. The van der Waals surface area contributed by atoms with Gasteiger partial charge in [-0.3, -0.25) is 9.78 Å². The smallest absolute Gasteiger partial charge is 0.408 e. The summed E-state index contributed by atoms with van der Waals surface area (Å²) < 4.78 is 5.17. The van der Waals surface area contributed by atoms with Crippen LogP contribution >= 0.6 is 0 Å². The summed E-state index contributed by atoms with van der Waals surface area (Å²) in [6.07, 6.45) is 2.91. The number of aryl methyl sites for hydroxylation is 1. The predicted octanol–water partition coefficient (Wildman–Crippen LogP) is 1.47. The average Bonchev–Trinajstić information content (AvgIpc) is 2.42. The van der Waals surface area contributed by atoms with E-state index in [1.807, 2.05) is 19.1 Å². The van der Waals surface area contributed by atoms with E-state index >= 15 is 0 Å². The fourth-order valence-electron chi connectivity index (χ4n) is 1.87. The molecule has 1 atom stereocenters. The van der Waals surface area contributed by atoms with Crippen LogP contribution in [0.2, 0.25) is 0 Å². The molecule has 1 heterocycles. The van der Waals surface area contributed by atoms with E-state index in [1.165, 1.54) is 0 Å². The van der Waals surface area contributed by atoms with Crippen LogP contribution in [0.3, 0.4) is 0 Å². The Morgan fingerprint density at radius 2 is 2.09 bits per heavy atom. The van der Waals surface area contributed by atoms with Crippen molar-refractivity contribution in [2.45, 2.75) is 45.8 Å². The third kappa shape index (κ3) is 7.27. The molecule has 0 spiro atoms. The molecule has 0 aliphatic rings. The van der Waals surface area contributed by atoms with E-state index in [0.717, 1.165) is 11.1 Å². The maximum absolute atomic E-state index is 12.1. The lowest BCUT2D eigenvalue weighted by Crippen LogP contribution is -2.49. The van der Waals surface area contributed by atoms with Crippen molar-refractivity contribution < 1.29 is 14.3 Å². The van der Waals surface area contributed by atoms with Crippen molar-refractivity contribution in [1.82, 2.24) is 15.6 Å². The largest absolute Gasteiger partial charge is 0.444 e. The number of carbonyl (C=O) groups is 2. The van der Waals surface area contributed by atoms with Gasteiger partial charge in [0.2, 0.25) is 5.91 Å². The molecule has 2 N–H and O–H groups in total. The van der Waals surface area contributed by atoms with Gasteiger partial charge in [0.15, 0.2) is 0 Å². The highest BCUT2D eigenvalue weighted by Crippen LogP contribution is 2.09. The lowest BCUT2D eigenvalue weighted by Gasteiger charge is -2.23. The van der Waals surface area contributed by atoms with Crippen LogP contribution in [-0.2, 0) is 16.0 Å². The average molecular weight is 318 g/mol.